The Kier molecular flexibility index (Phi) is 4.72. The minimum atomic E-state index is 0.510. The van der Waals surface area contributed by atoms with E-state index in [9.17, 15) is 0 Å². The molecule has 4 heterocycles. The van der Waals surface area contributed by atoms with Crippen LogP contribution in [0, 0.1) is 0 Å². The number of ether oxygens (including phenoxy) is 2. The van der Waals surface area contributed by atoms with Gasteiger partial charge in [0.05, 0.1) is 18.0 Å². The lowest BCUT2D eigenvalue weighted by Crippen LogP contribution is -2.22. The van der Waals surface area contributed by atoms with Gasteiger partial charge in [0.25, 0.3) is 5.89 Å². The van der Waals surface area contributed by atoms with E-state index >= 15 is 0 Å². The monoisotopic (exact) mass is 411 g/mol. The highest BCUT2D eigenvalue weighted by molar-refractivity contribution is 7.13. The van der Waals surface area contributed by atoms with Crippen molar-refractivity contribution in [2.45, 2.75) is 13.1 Å². The SMILES string of the molecule is c1csc(CN(Cc2nnc(-c3cccs3)o2)c2ccc3c(c2)OCCO3)c1. The smallest absolute Gasteiger partial charge is 0.257 e. The van der Waals surface area contributed by atoms with Gasteiger partial charge in [0.1, 0.15) is 13.2 Å². The third kappa shape index (κ3) is 3.61. The molecule has 4 aromatic rings. The number of aromatic nitrogens is 2. The van der Waals surface area contributed by atoms with E-state index in [-0.39, 0.29) is 0 Å². The minimum Gasteiger partial charge on any atom is -0.486 e. The Bertz CT molecular complexity index is 1040. The van der Waals surface area contributed by atoms with E-state index < -0.39 is 0 Å². The number of anilines is 1. The molecule has 0 amide bonds. The average molecular weight is 412 g/mol. The second kappa shape index (κ2) is 7.65. The van der Waals surface area contributed by atoms with Crippen molar-refractivity contribution in [1.29, 1.82) is 0 Å². The van der Waals surface area contributed by atoms with Gasteiger partial charge in [0.2, 0.25) is 5.89 Å². The summed E-state index contributed by atoms with van der Waals surface area (Å²) in [6.07, 6.45) is 0. The number of hydrogen-bond acceptors (Lipinski definition) is 8. The molecule has 0 bridgehead atoms. The number of benzene rings is 1. The predicted octanol–water partition coefficient (Wildman–Crippen LogP) is 4.84. The fourth-order valence-corrected chi connectivity index (χ4v) is 4.40. The van der Waals surface area contributed by atoms with Gasteiger partial charge in [-0.3, -0.25) is 0 Å². The van der Waals surface area contributed by atoms with Crippen molar-refractivity contribution in [1.82, 2.24) is 10.2 Å². The molecule has 6 nitrogen and oxygen atoms in total. The largest absolute Gasteiger partial charge is 0.486 e. The van der Waals surface area contributed by atoms with Gasteiger partial charge >= 0.3 is 0 Å². The zero-order chi connectivity index (χ0) is 18.8. The topological polar surface area (TPSA) is 60.6 Å². The molecule has 5 rings (SSSR count). The van der Waals surface area contributed by atoms with Gasteiger partial charge < -0.3 is 18.8 Å². The summed E-state index contributed by atoms with van der Waals surface area (Å²) in [5, 5.41) is 12.5. The molecule has 142 valence electrons. The summed E-state index contributed by atoms with van der Waals surface area (Å²) in [4.78, 5) is 4.44. The van der Waals surface area contributed by atoms with Crippen molar-refractivity contribution in [3.05, 3.63) is 64.0 Å². The van der Waals surface area contributed by atoms with Crippen LogP contribution >= 0.6 is 22.7 Å². The second-order valence-electron chi connectivity index (χ2n) is 6.24. The summed E-state index contributed by atoms with van der Waals surface area (Å²) in [6.45, 7) is 2.40. The fourth-order valence-electron chi connectivity index (χ4n) is 3.04. The van der Waals surface area contributed by atoms with Crippen molar-refractivity contribution in [3.8, 4) is 22.3 Å². The molecule has 0 spiro atoms. The molecule has 0 saturated heterocycles. The lowest BCUT2D eigenvalue weighted by Gasteiger charge is -2.25. The first kappa shape index (κ1) is 17.3. The quantitative estimate of drug-likeness (QED) is 0.453. The van der Waals surface area contributed by atoms with Crippen LogP contribution in [-0.4, -0.2) is 23.4 Å². The fraction of sp³-hybridized carbons (Fsp3) is 0.200. The summed E-state index contributed by atoms with van der Waals surface area (Å²) in [7, 11) is 0. The molecule has 0 N–H and O–H groups in total. The highest BCUT2D eigenvalue weighted by atomic mass is 32.1. The molecule has 28 heavy (non-hydrogen) atoms. The molecule has 0 radical (unpaired) electrons. The summed E-state index contributed by atoms with van der Waals surface area (Å²) in [5.41, 5.74) is 1.02. The first-order valence-corrected chi connectivity index (χ1v) is 10.6. The van der Waals surface area contributed by atoms with Crippen LogP contribution in [0.15, 0.2) is 57.6 Å². The Morgan fingerprint density at radius 1 is 0.893 bits per heavy atom. The summed E-state index contributed by atoms with van der Waals surface area (Å²) < 4.78 is 17.3. The van der Waals surface area contributed by atoms with Crippen molar-refractivity contribution < 1.29 is 13.9 Å². The van der Waals surface area contributed by atoms with Gasteiger partial charge in [0, 0.05) is 16.6 Å². The molecule has 1 aromatic carbocycles. The van der Waals surface area contributed by atoms with Crippen LogP contribution in [0.4, 0.5) is 5.69 Å². The Hall–Kier alpha value is -2.84. The summed E-state index contributed by atoms with van der Waals surface area (Å²) >= 11 is 3.31. The molecular weight excluding hydrogens is 394 g/mol. The Balaban J connectivity index is 1.43. The van der Waals surface area contributed by atoms with E-state index in [0.717, 1.165) is 28.6 Å². The maximum atomic E-state index is 5.91. The van der Waals surface area contributed by atoms with Crippen LogP contribution in [0.3, 0.4) is 0 Å². The maximum absolute atomic E-state index is 5.91. The zero-order valence-electron chi connectivity index (χ0n) is 14.9. The predicted molar refractivity (Wildman–Crippen MR) is 109 cm³/mol. The Morgan fingerprint density at radius 2 is 1.75 bits per heavy atom. The van der Waals surface area contributed by atoms with E-state index in [2.05, 4.69) is 32.6 Å². The van der Waals surface area contributed by atoms with E-state index in [0.29, 0.717) is 31.5 Å². The van der Waals surface area contributed by atoms with Crippen molar-refractivity contribution >= 4 is 28.4 Å². The van der Waals surface area contributed by atoms with Crippen LogP contribution in [0.2, 0.25) is 0 Å². The molecule has 0 unspecified atom stereocenters. The van der Waals surface area contributed by atoms with Gasteiger partial charge in [-0.05, 0) is 35.0 Å². The van der Waals surface area contributed by atoms with Crippen molar-refractivity contribution in [2.75, 3.05) is 18.1 Å². The van der Waals surface area contributed by atoms with Crippen LogP contribution < -0.4 is 14.4 Å². The van der Waals surface area contributed by atoms with Crippen LogP contribution in [-0.2, 0) is 13.1 Å². The number of thiophene rings is 2. The van der Waals surface area contributed by atoms with Gasteiger partial charge in [-0.25, -0.2) is 0 Å². The van der Waals surface area contributed by atoms with Gasteiger partial charge in [-0.1, -0.05) is 12.1 Å². The Labute approximate surface area is 170 Å². The molecule has 8 heteroatoms. The van der Waals surface area contributed by atoms with Crippen LogP contribution in [0.1, 0.15) is 10.8 Å². The summed E-state index contributed by atoms with van der Waals surface area (Å²) in [6, 6.07) is 14.1. The second-order valence-corrected chi connectivity index (χ2v) is 8.22. The van der Waals surface area contributed by atoms with E-state index in [1.54, 1.807) is 22.7 Å². The van der Waals surface area contributed by atoms with Crippen molar-refractivity contribution in [3.63, 3.8) is 0 Å². The number of hydrogen-bond donors (Lipinski definition) is 0. The molecule has 1 aliphatic heterocycles. The lowest BCUT2D eigenvalue weighted by molar-refractivity contribution is 0.171. The molecule has 0 saturated carbocycles. The molecule has 0 aliphatic carbocycles. The van der Waals surface area contributed by atoms with E-state index in [1.165, 1.54) is 4.88 Å². The summed E-state index contributed by atoms with van der Waals surface area (Å²) in [5.74, 6) is 2.69. The van der Waals surface area contributed by atoms with Gasteiger partial charge in [-0.2, -0.15) is 0 Å². The zero-order valence-corrected chi connectivity index (χ0v) is 16.5. The highest BCUT2D eigenvalue weighted by Crippen LogP contribution is 2.35. The highest BCUT2D eigenvalue weighted by Gasteiger charge is 2.18. The third-order valence-corrected chi connectivity index (χ3v) is 6.06. The molecule has 1 aliphatic rings. The average Bonchev–Trinajstić information content (AvgIpc) is 3.49. The van der Waals surface area contributed by atoms with Gasteiger partial charge in [0.15, 0.2) is 11.5 Å². The normalized spacial score (nSPS) is 12.9. The third-order valence-electron chi connectivity index (χ3n) is 4.34. The molecule has 0 atom stereocenters. The molecule has 3 aromatic heterocycles. The maximum Gasteiger partial charge on any atom is 0.257 e. The Morgan fingerprint density at radius 3 is 2.57 bits per heavy atom. The molecular formula is C20H17N3O3S2. The number of fused-ring (bicyclic) bond motifs is 1. The van der Waals surface area contributed by atoms with E-state index in [1.807, 2.05) is 35.7 Å². The van der Waals surface area contributed by atoms with E-state index in [4.69, 9.17) is 13.9 Å². The first-order chi connectivity index (χ1) is 13.8. The standard InChI is InChI=1S/C20H17N3O3S2/c1-3-15(27-9-1)12-23(14-5-6-16-17(11-14)25-8-7-24-16)13-19-21-22-20(26-19)18-4-2-10-28-18/h1-6,9-11H,7-8,12-13H2. The molecule has 0 fully saturated rings. The van der Waals surface area contributed by atoms with Crippen molar-refractivity contribution in [2.24, 2.45) is 0 Å². The lowest BCUT2D eigenvalue weighted by atomic mass is 10.2. The van der Waals surface area contributed by atoms with Crippen LogP contribution in [0.25, 0.3) is 10.8 Å². The minimum absolute atomic E-state index is 0.510. The number of nitrogens with zero attached hydrogens (tertiary/aromatic N) is 3. The van der Waals surface area contributed by atoms with Crippen LogP contribution in [0.5, 0.6) is 11.5 Å². The van der Waals surface area contributed by atoms with Gasteiger partial charge in [-0.15, -0.1) is 32.9 Å². The number of rotatable bonds is 6. The first-order valence-electron chi connectivity index (χ1n) is 8.88.